The van der Waals surface area contributed by atoms with E-state index in [9.17, 15) is 9.59 Å². The highest BCUT2D eigenvalue weighted by Crippen LogP contribution is 2.26. The van der Waals surface area contributed by atoms with Crippen LogP contribution in [-0.4, -0.2) is 40.0 Å². The number of benzene rings is 1. The fraction of sp³-hybridized carbons (Fsp3) is 0.267. The number of nitrogens with one attached hydrogen (secondary N) is 1. The minimum atomic E-state index is -0.463. The first-order chi connectivity index (χ1) is 10.6. The monoisotopic (exact) mass is 301 g/mol. The minimum absolute atomic E-state index is 0.0203. The van der Waals surface area contributed by atoms with Crippen LogP contribution in [-0.2, 0) is 16.0 Å². The van der Waals surface area contributed by atoms with Gasteiger partial charge in [0.15, 0.2) is 11.5 Å². The number of β-amino-alcohol motifs (C(OH)–C–C–N with tert-alkyl or cyclic N) is 1. The number of para-hydroxylation sites is 1. The molecule has 0 radical (unpaired) electrons. The highest BCUT2D eigenvalue weighted by atomic mass is 16.3. The number of amides is 2. The molecule has 7 nitrogen and oxygen atoms in total. The first-order valence-electron chi connectivity index (χ1n) is 6.98. The number of hydrogen-bond acceptors (Lipinski definition) is 6. The second-order valence-electron chi connectivity index (χ2n) is 4.82. The van der Waals surface area contributed by atoms with Gasteiger partial charge in [-0.05, 0) is 12.1 Å². The van der Waals surface area contributed by atoms with Crippen LogP contribution in [0.4, 0.5) is 5.69 Å². The van der Waals surface area contributed by atoms with Crippen molar-refractivity contribution in [2.45, 2.75) is 13.3 Å². The number of hydrogen-bond donors (Lipinski definition) is 2. The van der Waals surface area contributed by atoms with Gasteiger partial charge < -0.3 is 14.8 Å². The van der Waals surface area contributed by atoms with Crippen molar-refractivity contribution in [3.63, 3.8) is 0 Å². The number of anilines is 1. The molecule has 1 aromatic carbocycles. The molecule has 0 aliphatic carbocycles. The molecule has 0 unspecified atom stereocenters. The zero-order valence-electron chi connectivity index (χ0n) is 12.0. The summed E-state index contributed by atoms with van der Waals surface area (Å²) in [5.41, 5.74) is 1.98. The Morgan fingerprint density at radius 2 is 2.18 bits per heavy atom. The van der Waals surface area contributed by atoms with Gasteiger partial charge in [-0.15, -0.1) is 0 Å². The van der Waals surface area contributed by atoms with E-state index < -0.39 is 11.8 Å². The minimum Gasteiger partial charge on any atom is -0.441 e. The van der Waals surface area contributed by atoms with Gasteiger partial charge in [-0.3, -0.25) is 14.5 Å². The van der Waals surface area contributed by atoms with Crippen molar-refractivity contribution in [2.24, 2.45) is 0 Å². The summed E-state index contributed by atoms with van der Waals surface area (Å²) in [6, 6.07) is 5.33. The lowest BCUT2D eigenvalue weighted by molar-refractivity contribution is -0.137. The van der Waals surface area contributed by atoms with E-state index in [1.54, 1.807) is 18.2 Å². The molecule has 0 saturated carbocycles. The molecule has 0 atom stereocenters. The van der Waals surface area contributed by atoms with Gasteiger partial charge in [0.2, 0.25) is 0 Å². The summed E-state index contributed by atoms with van der Waals surface area (Å²) in [4.78, 5) is 29.2. The van der Waals surface area contributed by atoms with Crippen molar-refractivity contribution >= 4 is 28.6 Å². The molecule has 2 N–H and O–H groups in total. The van der Waals surface area contributed by atoms with Crippen molar-refractivity contribution in [2.75, 3.05) is 18.5 Å². The maximum atomic E-state index is 12.1. The van der Waals surface area contributed by atoms with Gasteiger partial charge in [0.25, 0.3) is 11.8 Å². The van der Waals surface area contributed by atoms with Gasteiger partial charge >= 0.3 is 0 Å². The Labute approximate surface area is 126 Å². The molecule has 1 aliphatic rings. The molecule has 1 aliphatic heterocycles. The summed E-state index contributed by atoms with van der Waals surface area (Å²) in [6.07, 6.45) is 1.89. The van der Waals surface area contributed by atoms with Gasteiger partial charge in [-0.2, -0.15) is 0 Å². The van der Waals surface area contributed by atoms with E-state index >= 15 is 0 Å². The lowest BCUT2D eigenvalue weighted by Gasteiger charge is -2.13. The smallest absolute Gasteiger partial charge is 0.277 e. The molecule has 0 fully saturated rings. The summed E-state index contributed by atoms with van der Waals surface area (Å²) < 4.78 is 5.56. The number of imide groups is 1. The molecule has 7 heteroatoms. The number of aliphatic hydroxyl groups is 1. The molecule has 0 spiro atoms. The van der Waals surface area contributed by atoms with Crippen LogP contribution in [0.1, 0.15) is 12.8 Å². The second-order valence-corrected chi connectivity index (χ2v) is 4.82. The Bertz CT molecular complexity index is 778. The van der Waals surface area contributed by atoms with Crippen molar-refractivity contribution < 1.29 is 19.1 Å². The zero-order valence-corrected chi connectivity index (χ0v) is 12.0. The largest absolute Gasteiger partial charge is 0.441 e. The van der Waals surface area contributed by atoms with E-state index in [1.807, 2.05) is 6.92 Å². The lowest BCUT2D eigenvalue weighted by atomic mass is 10.2. The van der Waals surface area contributed by atoms with E-state index in [-0.39, 0.29) is 18.8 Å². The third-order valence-corrected chi connectivity index (χ3v) is 3.37. The molecular formula is C15H15N3O4. The van der Waals surface area contributed by atoms with Crippen LogP contribution in [0.3, 0.4) is 0 Å². The number of carbonyl (C=O) groups is 2. The average Bonchev–Trinajstić information content (AvgIpc) is 3.05. The molecule has 22 heavy (non-hydrogen) atoms. The SMILES string of the molecule is CCc1nc2c(NC3=CC(=O)N(CCO)C3=O)cccc2o1. The molecule has 114 valence electrons. The van der Waals surface area contributed by atoms with Crippen LogP contribution in [0.5, 0.6) is 0 Å². The lowest BCUT2D eigenvalue weighted by Crippen LogP contribution is -2.34. The molecular weight excluding hydrogens is 286 g/mol. The molecule has 2 aromatic rings. The Morgan fingerprint density at radius 3 is 2.91 bits per heavy atom. The highest BCUT2D eigenvalue weighted by Gasteiger charge is 2.31. The number of oxazole rings is 1. The van der Waals surface area contributed by atoms with Gasteiger partial charge in [-0.1, -0.05) is 13.0 Å². The van der Waals surface area contributed by atoms with E-state index in [0.717, 1.165) is 4.90 Å². The van der Waals surface area contributed by atoms with Crippen LogP contribution in [0, 0.1) is 0 Å². The van der Waals surface area contributed by atoms with E-state index in [1.165, 1.54) is 6.08 Å². The Morgan fingerprint density at radius 1 is 1.36 bits per heavy atom. The van der Waals surface area contributed by atoms with E-state index in [4.69, 9.17) is 9.52 Å². The highest BCUT2D eigenvalue weighted by molar-refractivity contribution is 6.17. The maximum absolute atomic E-state index is 12.1. The second kappa shape index (κ2) is 5.61. The number of aliphatic hydroxyl groups excluding tert-OH is 1. The summed E-state index contributed by atoms with van der Waals surface area (Å²) in [5, 5.41) is 11.8. The summed E-state index contributed by atoms with van der Waals surface area (Å²) in [5.74, 6) is -0.299. The predicted molar refractivity (Wildman–Crippen MR) is 78.9 cm³/mol. The average molecular weight is 301 g/mol. The number of aromatic nitrogens is 1. The Hall–Kier alpha value is -2.67. The fourth-order valence-electron chi connectivity index (χ4n) is 2.30. The molecule has 3 rings (SSSR count). The number of fused-ring (bicyclic) bond motifs is 1. The molecule has 1 aromatic heterocycles. The van der Waals surface area contributed by atoms with Crippen LogP contribution >= 0.6 is 0 Å². The summed E-state index contributed by atoms with van der Waals surface area (Å²) >= 11 is 0. The van der Waals surface area contributed by atoms with Crippen LogP contribution < -0.4 is 5.32 Å². The molecule has 2 amide bonds. The van der Waals surface area contributed by atoms with Crippen LogP contribution in [0.15, 0.2) is 34.4 Å². The number of aryl methyl sites for hydroxylation is 1. The van der Waals surface area contributed by atoms with Crippen LogP contribution in [0.25, 0.3) is 11.1 Å². The van der Waals surface area contributed by atoms with E-state index in [0.29, 0.717) is 29.1 Å². The zero-order chi connectivity index (χ0) is 15.7. The predicted octanol–water partition coefficient (Wildman–Crippen LogP) is 1.05. The quantitative estimate of drug-likeness (QED) is 0.801. The number of nitrogens with zero attached hydrogens (tertiary/aromatic N) is 2. The standard InChI is InChI=1S/C15H15N3O4/c1-2-12-17-14-9(4-3-5-11(14)22-12)16-10-8-13(20)18(6-7-19)15(10)21/h3-5,8,16,19H,2,6-7H2,1H3. The van der Waals surface area contributed by atoms with Crippen molar-refractivity contribution in [1.82, 2.24) is 9.88 Å². The van der Waals surface area contributed by atoms with Gasteiger partial charge in [0.1, 0.15) is 11.2 Å². The molecule has 0 saturated heterocycles. The van der Waals surface area contributed by atoms with Gasteiger partial charge in [0.05, 0.1) is 18.8 Å². The number of rotatable bonds is 5. The molecule has 2 heterocycles. The summed E-state index contributed by atoms with van der Waals surface area (Å²) in [7, 11) is 0. The molecule has 0 bridgehead atoms. The van der Waals surface area contributed by atoms with Crippen molar-refractivity contribution in [3.8, 4) is 0 Å². The van der Waals surface area contributed by atoms with Gasteiger partial charge in [0, 0.05) is 12.5 Å². The first kappa shape index (κ1) is 14.3. The normalized spacial score (nSPS) is 14.8. The fourth-order valence-corrected chi connectivity index (χ4v) is 2.30. The Balaban J connectivity index is 1.91. The van der Waals surface area contributed by atoms with Crippen LogP contribution in [0.2, 0.25) is 0 Å². The summed E-state index contributed by atoms with van der Waals surface area (Å²) in [6.45, 7) is 1.65. The maximum Gasteiger partial charge on any atom is 0.277 e. The van der Waals surface area contributed by atoms with Gasteiger partial charge in [-0.25, -0.2) is 4.98 Å². The van der Waals surface area contributed by atoms with Crippen molar-refractivity contribution in [3.05, 3.63) is 35.9 Å². The number of carbonyl (C=O) groups excluding carboxylic acids is 2. The van der Waals surface area contributed by atoms with E-state index in [2.05, 4.69) is 10.3 Å². The topological polar surface area (TPSA) is 95.7 Å². The third kappa shape index (κ3) is 2.35. The van der Waals surface area contributed by atoms with Crippen molar-refractivity contribution in [1.29, 1.82) is 0 Å². The Kier molecular flexibility index (Phi) is 3.64. The first-order valence-corrected chi connectivity index (χ1v) is 6.98. The third-order valence-electron chi connectivity index (χ3n) is 3.37.